The van der Waals surface area contributed by atoms with Crippen molar-refractivity contribution in [2.45, 2.75) is 33.1 Å². The molecule has 0 spiro atoms. The molecule has 1 N–H and O–H groups in total. The van der Waals surface area contributed by atoms with Gasteiger partial charge in [0.15, 0.2) is 18.1 Å². The Kier molecular flexibility index (Phi) is 8.99. The summed E-state index contributed by atoms with van der Waals surface area (Å²) in [6.45, 7) is 6.69. The lowest BCUT2D eigenvalue weighted by molar-refractivity contribution is -0.123. The lowest BCUT2D eigenvalue weighted by atomic mass is 10.0. The number of halogens is 1. The maximum absolute atomic E-state index is 12.0. The monoisotopic (exact) mass is 462 g/mol. The highest BCUT2D eigenvalue weighted by Gasteiger charge is 2.10. The number of hydrogen-bond donors (Lipinski definition) is 1. The normalized spacial score (nSPS) is 11.0. The molecule has 156 valence electrons. The molecule has 0 aliphatic carbocycles. The molecule has 0 unspecified atom stereocenters. The molecular weight excluding hydrogens is 436 g/mol. The zero-order chi connectivity index (χ0) is 21.2. The number of methoxy groups -OCH3 is 1. The minimum atomic E-state index is -0.339. The number of hydrogen-bond acceptors (Lipinski definition) is 5. The third kappa shape index (κ3) is 7.09. The van der Waals surface area contributed by atoms with Crippen LogP contribution in [0.1, 0.15) is 44.2 Å². The quantitative estimate of drug-likeness (QED) is 0.402. The molecule has 0 heterocycles. The van der Waals surface area contributed by atoms with Gasteiger partial charge in [-0.3, -0.25) is 4.79 Å². The summed E-state index contributed by atoms with van der Waals surface area (Å²) in [4.78, 5) is 12.0. The summed E-state index contributed by atoms with van der Waals surface area (Å²) in [5, 5.41) is 3.98. The van der Waals surface area contributed by atoms with Gasteiger partial charge in [-0.1, -0.05) is 36.7 Å². The highest BCUT2D eigenvalue weighted by Crippen LogP contribution is 2.29. The Labute approximate surface area is 180 Å². The number of hydrazone groups is 1. The van der Waals surface area contributed by atoms with E-state index in [1.807, 2.05) is 37.3 Å². The van der Waals surface area contributed by atoms with Crippen LogP contribution >= 0.6 is 15.9 Å². The minimum absolute atomic E-state index is 0.119. The second-order valence-corrected chi connectivity index (χ2v) is 7.59. The predicted molar refractivity (Wildman–Crippen MR) is 118 cm³/mol. The molecule has 0 saturated carbocycles. The SMILES string of the molecule is CCCOc1ccc(/C=N/NC(=O)COc2ccc(Br)cc2C(C)C)cc1OC. The molecular formula is C22H27BrN2O4. The first-order chi connectivity index (χ1) is 13.9. The van der Waals surface area contributed by atoms with Crippen LogP contribution in [-0.4, -0.2) is 32.4 Å². The number of rotatable bonds is 10. The van der Waals surface area contributed by atoms with E-state index < -0.39 is 0 Å². The molecule has 2 rings (SSSR count). The largest absolute Gasteiger partial charge is 0.493 e. The smallest absolute Gasteiger partial charge is 0.277 e. The standard InChI is InChI=1S/C22H27BrN2O4/c1-5-10-28-20-8-6-16(11-21(20)27-4)13-24-25-22(26)14-29-19-9-7-17(23)12-18(19)15(2)3/h6-9,11-13,15H,5,10,14H2,1-4H3,(H,25,26)/b24-13+. The van der Waals surface area contributed by atoms with Crippen molar-refractivity contribution in [1.29, 1.82) is 0 Å². The Morgan fingerprint density at radius 1 is 1.14 bits per heavy atom. The van der Waals surface area contributed by atoms with Crippen LogP contribution in [0.4, 0.5) is 0 Å². The van der Waals surface area contributed by atoms with Gasteiger partial charge in [-0.15, -0.1) is 0 Å². The van der Waals surface area contributed by atoms with E-state index in [1.165, 1.54) is 0 Å². The predicted octanol–water partition coefficient (Wildman–Crippen LogP) is 4.90. The van der Waals surface area contributed by atoms with E-state index in [9.17, 15) is 4.79 Å². The zero-order valence-corrected chi connectivity index (χ0v) is 18.8. The van der Waals surface area contributed by atoms with E-state index in [0.29, 0.717) is 23.9 Å². The molecule has 29 heavy (non-hydrogen) atoms. The van der Waals surface area contributed by atoms with Gasteiger partial charge in [-0.2, -0.15) is 5.10 Å². The van der Waals surface area contributed by atoms with Crippen molar-refractivity contribution in [2.24, 2.45) is 5.10 Å². The average molecular weight is 463 g/mol. The molecule has 0 aliphatic heterocycles. The Morgan fingerprint density at radius 2 is 1.90 bits per heavy atom. The van der Waals surface area contributed by atoms with Crippen LogP contribution in [0.25, 0.3) is 0 Å². The van der Waals surface area contributed by atoms with Gasteiger partial charge in [0.1, 0.15) is 5.75 Å². The second kappa shape index (κ2) is 11.5. The summed E-state index contributed by atoms with van der Waals surface area (Å²) in [5.41, 5.74) is 4.29. The third-order valence-electron chi connectivity index (χ3n) is 4.00. The number of ether oxygens (including phenoxy) is 3. The van der Waals surface area contributed by atoms with E-state index in [0.717, 1.165) is 22.0 Å². The van der Waals surface area contributed by atoms with Crippen molar-refractivity contribution < 1.29 is 19.0 Å². The number of benzene rings is 2. The van der Waals surface area contributed by atoms with Crippen LogP contribution in [0.5, 0.6) is 17.2 Å². The van der Waals surface area contributed by atoms with Crippen LogP contribution in [0.3, 0.4) is 0 Å². The van der Waals surface area contributed by atoms with E-state index in [2.05, 4.69) is 40.3 Å². The van der Waals surface area contributed by atoms with Gasteiger partial charge >= 0.3 is 0 Å². The van der Waals surface area contributed by atoms with Crippen LogP contribution in [-0.2, 0) is 4.79 Å². The van der Waals surface area contributed by atoms with Crippen LogP contribution in [0.15, 0.2) is 46.0 Å². The fourth-order valence-corrected chi connectivity index (χ4v) is 2.93. The highest BCUT2D eigenvalue weighted by atomic mass is 79.9. The number of nitrogens with zero attached hydrogens (tertiary/aromatic N) is 1. The van der Waals surface area contributed by atoms with Gasteiger partial charge in [0.25, 0.3) is 5.91 Å². The molecule has 6 nitrogen and oxygen atoms in total. The molecule has 0 radical (unpaired) electrons. The van der Waals surface area contributed by atoms with Crippen molar-refractivity contribution in [3.63, 3.8) is 0 Å². The summed E-state index contributed by atoms with van der Waals surface area (Å²) in [5.74, 6) is 1.93. The Balaban J connectivity index is 1.91. The maximum atomic E-state index is 12.0. The lowest BCUT2D eigenvalue weighted by Gasteiger charge is -2.14. The molecule has 1 amide bonds. The van der Waals surface area contributed by atoms with Gasteiger partial charge in [-0.05, 0) is 59.9 Å². The van der Waals surface area contributed by atoms with Gasteiger partial charge in [-0.25, -0.2) is 5.43 Å². The number of amides is 1. The summed E-state index contributed by atoms with van der Waals surface area (Å²) in [7, 11) is 1.59. The zero-order valence-electron chi connectivity index (χ0n) is 17.2. The fraction of sp³-hybridized carbons (Fsp3) is 0.364. The van der Waals surface area contributed by atoms with E-state index in [4.69, 9.17) is 14.2 Å². The third-order valence-corrected chi connectivity index (χ3v) is 4.50. The molecule has 7 heteroatoms. The summed E-state index contributed by atoms with van der Waals surface area (Å²) < 4.78 is 17.6. The van der Waals surface area contributed by atoms with Crippen molar-refractivity contribution in [3.8, 4) is 17.2 Å². The highest BCUT2D eigenvalue weighted by molar-refractivity contribution is 9.10. The minimum Gasteiger partial charge on any atom is -0.493 e. The lowest BCUT2D eigenvalue weighted by Crippen LogP contribution is -2.24. The second-order valence-electron chi connectivity index (χ2n) is 6.68. The first-order valence-electron chi connectivity index (χ1n) is 9.49. The van der Waals surface area contributed by atoms with Crippen molar-refractivity contribution >= 4 is 28.1 Å². The van der Waals surface area contributed by atoms with Gasteiger partial charge in [0.05, 0.1) is 19.9 Å². The molecule has 2 aromatic rings. The summed E-state index contributed by atoms with van der Waals surface area (Å²) in [6, 6.07) is 11.2. The Hall–Kier alpha value is -2.54. The maximum Gasteiger partial charge on any atom is 0.277 e. The van der Waals surface area contributed by atoms with Gasteiger partial charge < -0.3 is 14.2 Å². The fourth-order valence-electron chi connectivity index (χ4n) is 2.55. The average Bonchev–Trinajstić information content (AvgIpc) is 2.71. The van der Waals surface area contributed by atoms with Crippen molar-refractivity contribution in [2.75, 3.05) is 20.3 Å². The number of carbonyl (C=O) groups excluding carboxylic acids is 1. The van der Waals surface area contributed by atoms with E-state index in [-0.39, 0.29) is 18.4 Å². The number of nitrogens with one attached hydrogen (secondary N) is 1. The topological polar surface area (TPSA) is 69.2 Å². The molecule has 0 aromatic heterocycles. The molecule has 0 aliphatic rings. The Bertz CT molecular complexity index is 853. The number of carbonyl (C=O) groups is 1. The van der Waals surface area contributed by atoms with E-state index >= 15 is 0 Å². The van der Waals surface area contributed by atoms with Gasteiger partial charge in [0.2, 0.25) is 0 Å². The van der Waals surface area contributed by atoms with Crippen LogP contribution < -0.4 is 19.6 Å². The summed E-state index contributed by atoms with van der Waals surface area (Å²) >= 11 is 3.46. The van der Waals surface area contributed by atoms with Crippen molar-refractivity contribution in [3.05, 3.63) is 52.0 Å². The molecule has 0 bridgehead atoms. The van der Waals surface area contributed by atoms with Gasteiger partial charge in [0, 0.05) is 4.47 Å². The molecule has 2 aromatic carbocycles. The van der Waals surface area contributed by atoms with Crippen molar-refractivity contribution in [1.82, 2.24) is 5.43 Å². The first-order valence-corrected chi connectivity index (χ1v) is 10.3. The summed E-state index contributed by atoms with van der Waals surface area (Å²) in [6.07, 6.45) is 2.46. The molecule has 0 atom stereocenters. The van der Waals surface area contributed by atoms with E-state index in [1.54, 1.807) is 19.4 Å². The van der Waals surface area contributed by atoms with Crippen LogP contribution in [0.2, 0.25) is 0 Å². The molecule has 0 saturated heterocycles. The first kappa shape index (κ1) is 22.7. The van der Waals surface area contributed by atoms with Crippen LogP contribution in [0, 0.1) is 0 Å². The Morgan fingerprint density at radius 3 is 2.59 bits per heavy atom. The molecule has 0 fully saturated rings.